The van der Waals surface area contributed by atoms with E-state index in [0.717, 1.165) is 24.0 Å². The van der Waals surface area contributed by atoms with Crippen LogP contribution < -0.4 is 5.73 Å². The maximum absolute atomic E-state index is 12.7. The van der Waals surface area contributed by atoms with Gasteiger partial charge in [-0.1, -0.05) is 0 Å². The van der Waals surface area contributed by atoms with Gasteiger partial charge in [0.2, 0.25) is 10.0 Å². The van der Waals surface area contributed by atoms with Crippen molar-refractivity contribution in [3.8, 4) is 0 Å². The molecule has 1 aromatic carbocycles. The first-order chi connectivity index (χ1) is 9.36. The molecule has 0 atom stereocenters. The molecule has 0 spiro atoms. The highest BCUT2D eigenvalue weighted by Crippen LogP contribution is 2.27. The van der Waals surface area contributed by atoms with E-state index in [-0.39, 0.29) is 6.10 Å². The van der Waals surface area contributed by atoms with E-state index in [1.807, 2.05) is 13.8 Å². The van der Waals surface area contributed by atoms with Crippen LogP contribution in [0.15, 0.2) is 17.0 Å². The highest BCUT2D eigenvalue weighted by atomic mass is 32.2. The molecule has 1 heterocycles. The van der Waals surface area contributed by atoms with Crippen molar-refractivity contribution in [3.05, 3.63) is 23.3 Å². The third-order valence-corrected chi connectivity index (χ3v) is 6.02. The Labute approximate surface area is 120 Å². The first-order valence-electron chi connectivity index (χ1n) is 6.76. The highest BCUT2D eigenvalue weighted by Gasteiger charge is 2.30. The van der Waals surface area contributed by atoms with Crippen LogP contribution in [0.2, 0.25) is 0 Å². The molecule has 2 rings (SSSR count). The van der Waals surface area contributed by atoms with Crippen LogP contribution in [-0.2, 0) is 14.8 Å². The van der Waals surface area contributed by atoms with E-state index >= 15 is 0 Å². The Balaban J connectivity index is 2.32. The molecule has 1 aromatic rings. The van der Waals surface area contributed by atoms with Gasteiger partial charge in [-0.25, -0.2) is 8.42 Å². The predicted octanol–water partition coefficient (Wildman–Crippen LogP) is 1.69. The summed E-state index contributed by atoms with van der Waals surface area (Å²) >= 11 is 0. The van der Waals surface area contributed by atoms with Crippen LogP contribution in [0.4, 0.5) is 5.69 Å². The van der Waals surface area contributed by atoms with Crippen molar-refractivity contribution < 1.29 is 13.2 Å². The van der Waals surface area contributed by atoms with Crippen molar-refractivity contribution in [1.82, 2.24) is 4.31 Å². The minimum atomic E-state index is -3.47. The molecular weight excluding hydrogens is 276 g/mol. The van der Waals surface area contributed by atoms with Gasteiger partial charge in [0, 0.05) is 25.9 Å². The number of methoxy groups -OCH3 is 1. The topological polar surface area (TPSA) is 72.6 Å². The van der Waals surface area contributed by atoms with E-state index in [2.05, 4.69) is 0 Å². The maximum atomic E-state index is 12.7. The van der Waals surface area contributed by atoms with Gasteiger partial charge in [-0.15, -0.1) is 0 Å². The van der Waals surface area contributed by atoms with Crippen molar-refractivity contribution in [2.45, 2.75) is 37.7 Å². The van der Waals surface area contributed by atoms with Crippen molar-refractivity contribution in [2.75, 3.05) is 25.9 Å². The predicted molar refractivity (Wildman–Crippen MR) is 79.1 cm³/mol. The number of hydrogen-bond donors (Lipinski definition) is 1. The summed E-state index contributed by atoms with van der Waals surface area (Å²) in [6, 6.07) is 3.35. The van der Waals surface area contributed by atoms with Gasteiger partial charge in [-0.05, 0) is 49.9 Å². The Hall–Kier alpha value is -1.11. The fraction of sp³-hybridized carbons (Fsp3) is 0.571. The van der Waals surface area contributed by atoms with Crippen LogP contribution in [0, 0.1) is 13.8 Å². The van der Waals surface area contributed by atoms with E-state index in [4.69, 9.17) is 10.5 Å². The zero-order valence-electron chi connectivity index (χ0n) is 12.2. The number of anilines is 1. The number of hydrogen-bond acceptors (Lipinski definition) is 4. The Morgan fingerprint density at radius 1 is 1.25 bits per heavy atom. The number of nitrogen functional groups attached to an aromatic ring is 1. The van der Waals surface area contributed by atoms with Crippen molar-refractivity contribution >= 4 is 15.7 Å². The number of aryl methyl sites for hydroxylation is 1. The molecule has 0 radical (unpaired) electrons. The Morgan fingerprint density at radius 3 is 2.40 bits per heavy atom. The molecule has 1 fully saturated rings. The molecule has 6 heteroatoms. The lowest BCUT2D eigenvalue weighted by molar-refractivity contribution is 0.0604. The van der Waals surface area contributed by atoms with Gasteiger partial charge in [-0.2, -0.15) is 4.31 Å². The molecule has 0 amide bonds. The van der Waals surface area contributed by atoms with Crippen molar-refractivity contribution in [2.24, 2.45) is 0 Å². The van der Waals surface area contributed by atoms with Crippen molar-refractivity contribution in [1.29, 1.82) is 0 Å². The lowest BCUT2D eigenvalue weighted by atomic mass is 10.1. The summed E-state index contributed by atoms with van der Waals surface area (Å²) in [5, 5.41) is 0. The molecule has 0 aliphatic carbocycles. The van der Waals surface area contributed by atoms with Gasteiger partial charge in [0.05, 0.1) is 11.0 Å². The summed E-state index contributed by atoms with van der Waals surface area (Å²) in [6.45, 7) is 4.69. The standard InChI is InChI=1S/C14H22N2O3S/c1-10-8-12(15)9-14(11(10)2)20(17,18)16-6-4-13(19-3)5-7-16/h8-9,13H,4-7,15H2,1-3H3. The summed E-state index contributed by atoms with van der Waals surface area (Å²) in [7, 11) is -1.80. The quantitative estimate of drug-likeness (QED) is 0.862. The van der Waals surface area contributed by atoms with E-state index in [1.165, 1.54) is 4.31 Å². The van der Waals surface area contributed by atoms with Crippen LogP contribution in [0.1, 0.15) is 24.0 Å². The number of nitrogens with two attached hydrogens (primary N) is 1. The molecule has 5 nitrogen and oxygen atoms in total. The van der Waals surface area contributed by atoms with E-state index in [1.54, 1.807) is 19.2 Å². The summed E-state index contributed by atoms with van der Waals surface area (Å²) in [5.41, 5.74) is 7.95. The van der Waals surface area contributed by atoms with Crippen LogP contribution in [0.3, 0.4) is 0 Å². The van der Waals surface area contributed by atoms with Crippen LogP contribution in [0.5, 0.6) is 0 Å². The molecule has 1 aliphatic rings. The van der Waals surface area contributed by atoms with Crippen molar-refractivity contribution in [3.63, 3.8) is 0 Å². The summed E-state index contributed by atoms with van der Waals surface area (Å²) < 4.78 is 32.3. The molecule has 0 unspecified atom stereocenters. The average Bonchev–Trinajstić information content (AvgIpc) is 2.42. The zero-order chi connectivity index (χ0) is 14.9. The molecule has 0 saturated carbocycles. The lowest BCUT2D eigenvalue weighted by Crippen LogP contribution is -2.40. The number of ether oxygens (including phenoxy) is 1. The van der Waals surface area contributed by atoms with Gasteiger partial charge in [0.1, 0.15) is 0 Å². The van der Waals surface area contributed by atoms with E-state index in [9.17, 15) is 8.42 Å². The van der Waals surface area contributed by atoms with Gasteiger partial charge in [0.15, 0.2) is 0 Å². The largest absolute Gasteiger partial charge is 0.399 e. The van der Waals surface area contributed by atoms with Crippen LogP contribution >= 0.6 is 0 Å². The molecule has 2 N–H and O–H groups in total. The van der Waals surface area contributed by atoms with Gasteiger partial charge < -0.3 is 10.5 Å². The van der Waals surface area contributed by atoms with Gasteiger partial charge >= 0.3 is 0 Å². The highest BCUT2D eigenvalue weighted by molar-refractivity contribution is 7.89. The fourth-order valence-corrected chi connectivity index (χ4v) is 4.37. The number of sulfonamides is 1. The van der Waals surface area contributed by atoms with Gasteiger partial charge in [0.25, 0.3) is 0 Å². The Bertz CT molecular complexity index is 591. The fourth-order valence-electron chi connectivity index (χ4n) is 2.57. The van der Waals surface area contributed by atoms with E-state index < -0.39 is 10.0 Å². The first kappa shape index (κ1) is 15.3. The SMILES string of the molecule is COC1CCN(S(=O)(=O)c2cc(N)cc(C)c2C)CC1. The third kappa shape index (κ3) is 2.82. The van der Waals surface area contributed by atoms with Crippen LogP contribution in [-0.4, -0.2) is 39.0 Å². The summed E-state index contributed by atoms with van der Waals surface area (Å²) in [6.07, 6.45) is 1.62. The van der Waals surface area contributed by atoms with Gasteiger partial charge in [-0.3, -0.25) is 0 Å². The molecule has 0 bridgehead atoms. The Morgan fingerprint density at radius 2 is 1.85 bits per heavy atom. The number of benzene rings is 1. The first-order valence-corrected chi connectivity index (χ1v) is 8.20. The maximum Gasteiger partial charge on any atom is 0.243 e. The number of piperidine rings is 1. The molecule has 20 heavy (non-hydrogen) atoms. The molecule has 112 valence electrons. The number of nitrogens with zero attached hydrogens (tertiary/aromatic N) is 1. The molecule has 1 aliphatic heterocycles. The Kier molecular flexibility index (Phi) is 4.36. The van der Waals surface area contributed by atoms with E-state index in [0.29, 0.717) is 23.7 Å². The summed E-state index contributed by atoms with van der Waals surface area (Å²) in [4.78, 5) is 0.325. The second kappa shape index (κ2) is 5.71. The minimum absolute atomic E-state index is 0.158. The monoisotopic (exact) mass is 298 g/mol. The second-order valence-electron chi connectivity index (χ2n) is 5.30. The molecule has 1 saturated heterocycles. The van der Waals surface area contributed by atoms with Crippen LogP contribution in [0.25, 0.3) is 0 Å². The molecule has 0 aromatic heterocycles. The number of rotatable bonds is 3. The molecular formula is C14H22N2O3S. The minimum Gasteiger partial charge on any atom is -0.399 e. The third-order valence-electron chi connectivity index (χ3n) is 3.99. The second-order valence-corrected chi connectivity index (χ2v) is 7.21. The lowest BCUT2D eigenvalue weighted by Gasteiger charge is -2.31. The smallest absolute Gasteiger partial charge is 0.243 e. The average molecular weight is 298 g/mol. The normalized spacial score (nSPS) is 18.4. The summed E-state index contributed by atoms with van der Waals surface area (Å²) in [5.74, 6) is 0. The zero-order valence-corrected chi connectivity index (χ0v) is 13.0.